The van der Waals surface area contributed by atoms with E-state index in [0.29, 0.717) is 10.9 Å². The highest BCUT2D eigenvalue weighted by molar-refractivity contribution is 6.12. The Kier molecular flexibility index (Phi) is 4.14. The molecule has 1 fully saturated rings. The molecule has 0 unspecified atom stereocenters. The van der Waals surface area contributed by atoms with Crippen LogP contribution in [-0.2, 0) is 0 Å². The molecule has 1 aliphatic heterocycles. The van der Waals surface area contributed by atoms with Crippen LogP contribution in [-0.4, -0.2) is 24.0 Å². The summed E-state index contributed by atoms with van der Waals surface area (Å²) in [5.74, 6) is -0.602. The Bertz CT molecular complexity index is 895. The van der Waals surface area contributed by atoms with E-state index in [1.165, 1.54) is 37.1 Å². The molecule has 0 atom stereocenters. The molecular weight excluding hydrogens is 317 g/mol. The molecule has 4 rings (SSSR count). The molecule has 1 saturated heterocycles. The summed E-state index contributed by atoms with van der Waals surface area (Å²) in [7, 11) is 0. The third-order valence-corrected chi connectivity index (χ3v) is 4.73. The van der Waals surface area contributed by atoms with Gasteiger partial charge in [-0.2, -0.15) is 0 Å². The summed E-state index contributed by atoms with van der Waals surface area (Å²) in [6, 6.07) is 12.3. The minimum atomic E-state index is -0.355. The van der Waals surface area contributed by atoms with Crippen molar-refractivity contribution >= 4 is 28.2 Å². The first-order valence-corrected chi connectivity index (χ1v) is 8.64. The molecule has 128 valence electrons. The molecule has 0 aliphatic carbocycles. The zero-order chi connectivity index (χ0) is 17.2. The van der Waals surface area contributed by atoms with E-state index < -0.39 is 0 Å². The molecule has 1 amide bonds. The summed E-state index contributed by atoms with van der Waals surface area (Å²) >= 11 is 0. The lowest BCUT2D eigenvalue weighted by atomic mass is 10.1. The first kappa shape index (κ1) is 15.7. The smallest absolute Gasteiger partial charge is 0.257 e. The molecule has 25 heavy (non-hydrogen) atoms. The van der Waals surface area contributed by atoms with E-state index in [-0.39, 0.29) is 11.7 Å². The number of aromatic amines is 1. The summed E-state index contributed by atoms with van der Waals surface area (Å²) in [4.78, 5) is 17.9. The van der Waals surface area contributed by atoms with Crippen LogP contribution in [0.3, 0.4) is 0 Å². The van der Waals surface area contributed by atoms with Crippen LogP contribution in [0.15, 0.2) is 48.7 Å². The highest BCUT2D eigenvalue weighted by atomic mass is 19.1. The lowest BCUT2D eigenvalue weighted by Gasteiger charge is -2.28. The van der Waals surface area contributed by atoms with E-state index in [4.69, 9.17) is 0 Å². The molecule has 3 aromatic rings. The average Bonchev–Trinajstić information content (AvgIpc) is 3.06. The van der Waals surface area contributed by atoms with E-state index >= 15 is 0 Å². The number of anilines is 2. The quantitative estimate of drug-likeness (QED) is 0.736. The first-order valence-electron chi connectivity index (χ1n) is 8.64. The minimum Gasteiger partial charge on any atom is -0.372 e. The van der Waals surface area contributed by atoms with Gasteiger partial charge in [-0.05, 0) is 61.7 Å². The fourth-order valence-corrected chi connectivity index (χ4v) is 3.39. The number of fused-ring (bicyclic) bond motifs is 1. The maximum atomic E-state index is 13.5. The van der Waals surface area contributed by atoms with Crippen LogP contribution in [0, 0.1) is 5.82 Å². The lowest BCUT2D eigenvalue weighted by molar-refractivity contribution is 0.102. The van der Waals surface area contributed by atoms with Gasteiger partial charge in [0.2, 0.25) is 0 Å². The Balaban J connectivity index is 1.51. The Morgan fingerprint density at radius 2 is 1.80 bits per heavy atom. The number of nitrogens with zero attached hydrogens (tertiary/aromatic N) is 1. The van der Waals surface area contributed by atoms with Crippen molar-refractivity contribution in [2.24, 2.45) is 0 Å². The molecule has 1 aromatic heterocycles. The second kappa shape index (κ2) is 6.59. The van der Waals surface area contributed by atoms with Crippen molar-refractivity contribution in [2.45, 2.75) is 19.3 Å². The van der Waals surface area contributed by atoms with Gasteiger partial charge < -0.3 is 15.2 Å². The molecule has 0 saturated carbocycles. The van der Waals surface area contributed by atoms with E-state index in [1.54, 1.807) is 12.3 Å². The Morgan fingerprint density at radius 1 is 1.04 bits per heavy atom. The van der Waals surface area contributed by atoms with Crippen molar-refractivity contribution in [1.82, 2.24) is 4.98 Å². The molecule has 0 spiro atoms. The van der Waals surface area contributed by atoms with Gasteiger partial charge in [-0.25, -0.2) is 4.39 Å². The summed E-state index contributed by atoms with van der Waals surface area (Å²) in [6.45, 7) is 2.18. The lowest BCUT2D eigenvalue weighted by Crippen LogP contribution is -2.29. The van der Waals surface area contributed by atoms with Gasteiger partial charge in [-0.3, -0.25) is 4.79 Å². The van der Waals surface area contributed by atoms with Gasteiger partial charge in [0.1, 0.15) is 5.82 Å². The number of aromatic nitrogens is 1. The van der Waals surface area contributed by atoms with Crippen molar-refractivity contribution in [1.29, 1.82) is 0 Å². The predicted molar refractivity (Wildman–Crippen MR) is 98.7 cm³/mol. The third kappa shape index (κ3) is 3.22. The van der Waals surface area contributed by atoms with Crippen molar-refractivity contribution in [2.75, 3.05) is 23.3 Å². The molecule has 0 bridgehead atoms. The zero-order valence-corrected chi connectivity index (χ0v) is 13.9. The van der Waals surface area contributed by atoms with Crippen LogP contribution >= 0.6 is 0 Å². The normalized spacial score (nSPS) is 14.7. The molecule has 5 heteroatoms. The summed E-state index contributed by atoms with van der Waals surface area (Å²) < 4.78 is 13.5. The van der Waals surface area contributed by atoms with Crippen LogP contribution in [0.2, 0.25) is 0 Å². The number of rotatable bonds is 3. The average molecular weight is 337 g/mol. The van der Waals surface area contributed by atoms with E-state index in [9.17, 15) is 9.18 Å². The third-order valence-electron chi connectivity index (χ3n) is 4.73. The van der Waals surface area contributed by atoms with E-state index in [2.05, 4.69) is 15.2 Å². The Hall–Kier alpha value is -2.82. The highest BCUT2D eigenvalue weighted by Gasteiger charge is 2.14. The SMILES string of the molecule is O=C(Nc1ccc(N2CCCCC2)cc1)c1c[nH]c2ccc(F)cc12. The Morgan fingerprint density at radius 3 is 2.56 bits per heavy atom. The summed E-state index contributed by atoms with van der Waals surface area (Å²) in [5, 5.41) is 3.47. The fraction of sp³-hybridized carbons (Fsp3) is 0.250. The van der Waals surface area contributed by atoms with Gasteiger partial charge >= 0.3 is 0 Å². The Labute approximate surface area is 145 Å². The van der Waals surface area contributed by atoms with Crippen LogP contribution in [0.5, 0.6) is 0 Å². The van der Waals surface area contributed by atoms with Gasteiger partial charge in [0.15, 0.2) is 0 Å². The number of carbonyl (C=O) groups is 1. The van der Waals surface area contributed by atoms with Gasteiger partial charge in [0.05, 0.1) is 5.56 Å². The van der Waals surface area contributed by atoms with Crippen molar-refractivity contribution in [3.8, 4) is 0 Å². The van der Waals surface area contributed by atoms with Gasteiger partial charge in [-0.15, -0.1) is 0 Å². The highest BCUT2D eigenvalue weighted by Crippen LogP contribution is 2.24. The van der Waals surface area contributed by atoms with Gasteiger partial charge in [0.25, 0.3) is 5.91 Å². The number of piperidine rings is 1. The van der Waals surface area contributed by atoms with E-state index in [0.717, 1.165) is 24.3 Å². The predicted octanol–water partition coefficient (Wildman–Crippen LogP) is 4.55. The first-order chi connectivity index (χ1) is 12.2. The maximum absolute atomic E-state index is 13.5. The zero-order valence-electron chi connectivity index (χ0n) is 13.9. The summed E-state index contributed by atoms with van der Waals surface area (Å²) in [6.07, 6.45) is 5.38. The van der Waals surface area contributed by atoms with Crippen LogP contribution in [0.25, 0.3) is 10.9 Å². The van der Waals surface area contributed by atoms with Crippen LogP contribution in [0.1, 0.15) is 29.6 Å². The van der Waals surface area contributed by atoms with Gasteiger partial charge in [-0.1, -0.05) is 0 Å². The van der Waals surface area contributed by atoms with Gasteiger partial charge in [0, 0.05) is 41.6 Å². The maximum Gasteiger partial charge on any atom is 0.257 e. The second-order valence-corrected chi connectivity index (χ2v) is 6.44. The number of hydrogen-bond acceptors (Lipinski definition) is 2. The largest absolute Gasteiger partial charge is 0.372 e. The summed E-state index contributed by atoms with van der Waals surface area (Å²) in [5.41, 5.74) is 3.10. The fourth-order valence-electron chi connectivity index (χ4n) is 3.39. The molecule has 4 nitrogen and oxygen atoms in total. The number of halogens is 1. The number of hydrogen-bond donors (Lipinski definition) is 2. The number of nitrogens with one attached hydrogen (secondary N) is 2. The van der Waals surface area contributed by atoms with Crippen molar-refractivity contribution < 1.29 is 9.18 Å². The monoisotopic (exact) mass is 337 g/mol. The van der Waals surface area contributed by atoms with E-state index in [1.807, 2.05) is 24.3 Å². The number of H-pyrrole nitrogens is 1. The number of benzene rings is 2. The second-order valence-electron chi connectivity index (χ2n) is 6.44. The molecule has 0 radical (unpaired) electrons. The number of amides is 1. The van der Waals surface area contributed by atoms with Crippen molar-refractivity contribution in [3.05, 3.63) is 60.0 Å². The molecule has 2 N–H and O–H groups in total. The minimum absolute atomic E-state index is 0.248. The molecule has 2 heterocycles. The number of carbonyl (C=O) groups excluding carboxylic acids is 1. The standard InChI is InChI=1S/C20H20FN3O/c21-14-4-9-19-17(12-14)18(13-22-19)20(25)23-15-5-7-16(8-6-15)24-10-2-1-3-11-24/h4-9,12-13,22H,1-3,10-11H2,(H,23,25). The molecule has 2 aromatic carbocycles. The van der Waals surface area contributed by atoms with Crippen molar-refractivity contribution in [3.63, 3.8) is 0 Å². The van der Waals surface area contributed by atoms with Crippen LogP contribution in [0.4, 0.5) is 15.8 Å². The molecule has 1 aliphatic rings. The molecular formula is C20H20FN3O. The topological polar surface area (TPSA) is 48.1 Å². The van der Waals surface area contributed by atoms with Crippen LogP contribution < -0.4 is 10.2 Å².